The smallest absolute Gasteiger partial charge is 0.339 e. The van der Waals surface area contributed by atoms with E-state index in [9.17, 15) is 9.59 Å². The zero-order chi connectivity index (χ0) is 19.7. The molecular weight excluding hydrogens is 358 g/mol. The summed E-state index contributed by atoms with van der Waals surface area (Å²) in [6.07, 6.45) is 2.63. The van der Waals surface area contributed by atoms with Gasteiger partial charge in [-0.2, -0.15) is 0 Å². The third-order valence-electron chi connectivity index (χ3n) is 5.08. The SMILES string of the molecule is COc1ccccc1NC(=O)COc1ccc2c3c(c(=O)oc2c1C)CCC3. The summed E-state index contributed by atoms with van der Waals surface area (Å²) in [6, 6.07) is 10.9. The molecule has 0 fully saturated rings. The molecule has 28 heavy (non-hydrogen) atoms. The predicted octanol–water partition coefficient (Wildman–Crippen LogP) is 3.62. The van der Waals surface area contributed by atoms with Gasteiger partial charge < -0.3 is 19.2 Å². The lowest BCUT2D eigenvalue weighted by Crippen LogP contribution is -2.20. The van der Waals surface area contributed by atoms with Crippen molar-refractivity contribution in [2.45, 2.75) is 26.2 Å². The number of nitrogens with one attached hydrogen (secondary N) is 1. The number of methoxy groups -OCH3 is 1. The molecule has 1 N–H and O–H groups in total. The van der Waals surface area contributed by atoms with Crippen molar-refractivity contribution in [1.29, 1.82) is 0 Å². The van der Waals surface area contributed by atoms with Gasteiger partial charge in [0.15, 0.2) is 6.61 Å². The van der Waals surface area contributed by atoms with Gasteiger partial charge in [0.2, 0.25) is 0 Å². The van der Waals surface area contributed by atoms with Gasteiger partial charge in [-0.15, -0.1) is 0 Å². The molecule has 6 nitrogen and oxygen atoms in total. The summed E-state index contributed by atoms with van der Waals surface area (Å²) in [6.45, 7) is 1.67. The first-order chi connectivity index (χ1) is 13.6. The molecule has 0 spiro atoms. The van der Waals surface area contributed by atoms with Gasteiger partial charge in [-0.1, -0.05) is 12.1 Å². The maximum absolute atomic E-state index is 12.3. The van der Waals surface area contributed by atoms with E-state index in [2.05, 4.69) is 5.32 Å². The average molecular weight is 379 g/mol. The van der Waals surface area contributed by atoms with Crippen LogP contribution in [0.25, 0.3) is 11.0 Å². The molecule has 0 bridgehead atoms. The van der Waals surface area contributed by atoms with Crippen LogP contribution in [0.3, 0.4) is 0 Å². The standard InChI is InChI=1S/C22H21NO5/c1-13-18(27-12-20(24)23-17-8-3-4-9-19(17)26-2)11-10-15-14-6-5-7-16(14)22(25)28-21(13)15/h3-4,8-11H,5-7,12H2,1-2H3,(H,23,24). The largest absolute Gasteiger partial charge is 0.495 e. The minimum Gasteiger partial charge on any atom is -0.495 e. The van der Waals surface area contributed by atoms with Gasteiger partial charge in [0.1, 0.15) is 17.1 Å². The Morgan fingerprint density at radius 1 is 1.11 bits per heavy atom. The summed E-state index contributed by atoms with van der Waals surface area (Å²) in [5, 5.41) is 3.72. The molecule has 1 aliphatic rings. The monoisotopic (exact) mass is 379 g/mol. The Hall–Kier alpha value is -3.28. The number of ether oxygens (including phenoxy) is 2. The van der Waals surface area contributed by atoms with Crippen LogP contribution in [0.4, 0.5) is 5.69 Å². The van der Waals surface area contributed by atoms with E-state index in [1.165, 1.54) is 0 Å². The molecule has 0 unspecified atom stereocenters. The minimum atomic E-state index is -0.306. The van der Waals surface area contributed by atoms with Gasteiger partial charge in [-0.05, 0) is 56.0 Å². The number of hydrogen-bond acceptors (Lipinski definition) is 5. The van der Waals surface area contributed by atoms with Crippen LogP contribution in [-0.4, -0.2) is 19.6 Å². The van der Waals surface area contributed by atoms with Crippen molar-refractivity contribution in [3.63, 3.8) is 0 Å². The Morgan fingerprint density at radius 2 is 1.89 bits per heavy atom. The van der Waals surface area contributed by atoms with Crippen LogP contribution >= 0.6 is 0 Å². The van der Waals surface area contributed by atoms with E-state index in [0.717, 1.165) is 41.3 Å². The highest BCUT2D eigenvalue weighted by molar-refractivity contribution is 5.93. The number of carbonyl (C=O) groups is 1. The van der Waals surface area contributed by atoms with E-state index in [-0.39, 0.29) is 18.1 Å². The van der Waals surface area contributed by atoms with Crippen LogP contribution in [0, 0.1) is 6.92 Å². The summed E-state index contributed by atoms with van der Waals surface area (Å²) in [4.78, 5) is 24.5. The molecule has 6 heteroatoms. The van der Waals surface area contributed by atoms with Crippen molar-refractivity contribution in [2.75, 3.05) is 19.0 Å². The van der Waals surface area contributed by atoms with E-state index >= 15 is 0 Å². The second-order valence-corrected chi connectivity index (χ2v) is 6.80. The van der Waals surface area contributed by atoms with Gasteiger partial charge in [-0.25, -0.2) is 4.79 Å². The maximum Gasteiger partial charge on any atom is 0.339 e. The van der Waals surface area contributed by atoms with E-state index in [4.69, 9.17) is 13.9 Å². The van der Waals surface area contributed by atoms with Crippen molar-refractivity contribution in [2.24, 2.45) is 0 Å². The molecule has 0 aliphatic heterocycles. The predicted molar refractivity (Wildman–Crippen MR) is 106 cm³/mol. The molecule has 3 aromatic rings. The third kappa shape index (κ3) is 3.22. The zero-order valence-corrected chi connectivity index (χ0v) is 15.8. The second kappa shape index (κ2) is 7.38. The first-order valence-corrected chi connectivity index (χ1v) is 9.22. The van der Waals surface area contributed by atoms with Crippen molar-refractivity contribution in [3.05, 3.63) is 63.5 Å². The highest BCUT2D eigenvalue weighted by Gasteiger charge is 2.21. The number of para-hydroxylation sites is 2. The zero-order valence-electron chi connectivity index (χ0n) is 15.8. The van der Waals surface area contributed by atoms with Crippen molar-refractivity contribution >= 4 is 22.6 Å². The maximum atomic E-state index is 12.3. The summed E-state index contributed by atoms with van der Waals surface area (Å²) < 4.78 is 16.5. The van der Waals surface area contributed by atoms with E-state index < -0.39 is 0 Å². The fourth-order valence-electron chi connectivity index (χ4n) is 3.70. The topological polar surface area (TPSA) is 77.8 Å². The Bertz CT molecular complexity index is 1120. The Labute approximate surface area is 162 Å². The highest BCUT2D eigenvalue weighted by atomic mass is 16.5. The molecule has 144 valence electrons. The van der Waals surface area contributed by atoms with Crippen LogP contribution in [-0.2, 0) is 17.6 Å². The number of hydrogen-bond donors (Lipinski definition) is 1. The Balaban J connectivity index is 1.54. The van der Waals surface area contributed by atoms with Gasteiger partial charge >= 0.3 is 5.63 Å². The number of rotatable bonds is 5. The van der Waals surface area contributed by atoms with E-state index in [0.29, 0.717) is 22.8 Å². The summed E-state index contributed by atoms with van der Waals surface area (Å²) in [5.41, 5.74) is 3.43. The lowest BCUT2D eigenvalue weighted by atomic mass is 10.0. The lowest BCUT2D eigenvalue weighted by Gasteiger charge is -2.13. The third-order valence-corrected chi connectivity index (χ3v) is 5.08. The van der Waals surface area contributed by atoms with Crippen molar-refractivity contribution in [1.82, 2.24) is 0 Å². The van der Waals surface area contributed by atoms with Crippen LogP contribution in [0.1, 0.15) is 23.1 Å². The number of fused-ring (bicyclic) bond motifs is 3. The summed E-state index contributed by atoms with van der Waals surface area (Å²) in [5.74, 6) is 0.788. The number of carbonyl (C=O) groups excluding carboxylic acids is 1. The summed E-state index contributed by atoms with van der Waals surface area (Å²) in [7, 11) is 1.55. The van der Waals surface area contributed by atoms with Crippen molar-refractivity contribution < 1.29 is 18.7 Å². The van der Waals surface area contributed by atoms with E-state index in [1.54, 1.807) is 19.2 Å². The number of aryl methyl sites for hydroxylation is 2. The Morgan fingerprint density at radius 3 is 2.71 bits per heavy atom. The Kier molecular flexibility index (Phi) is 4.77. The van der Waals surface area contributed by atoms with Gasteiger partial charge in [-0.3, -0.25) is 4.79 Å². The average Bonchev–Trinajstić information content (AvgIpc) is 3.19. The second-order valence-electron chi connectivity index (χ2n) is 6.80. The molecule has 0 atom stereocenters. The fraction of sp³-hybridized carbons (Fsp3) is 0.273. The normalized spacial score (nSPS) is 12.6. The molecule has 1 aliphatic carbocycles. The molecule has 0 saturated carbocycles. The minimum absolute atomic E-state index is 0.167. The van der Waals surface area contributed by atoms with Gasteiger partial charge in [0.05, 0.1) is 12.8 Å². The van der Waals surface area contributed by atoms with Crippen LogP contribution < -0.4 is 20.4 Å². The van der Waals surface area contributed by atoms with Gasteiger partial charge in [0.25, 0.3) is 5.91 Å². The molecule has 4 rings (SSSR count). The molecule has 1 heterocycles. The quantitative estimate of drug-likeness (QED) is 0.685. The van der Waals surface area contributed by atoms with Gasteiger partial charge in [0, 0.05) is 16.5 Å². The van der Waals surface area contributed by atoms with Crippen LogP contribution in [0.5, 0.6) is 11.5 Å². The molecule has 0 saturated heterocycles. The molecule has 2 aromatic carbocycles. The van der Waals surface area contributed by atoms with Crippen molar-refractivity contribution in [3.8, 4) is 11.5 Å². The van der Waals surface area contributed by atoms with Crippen LogP contribution in [0.15, 0.2) is 45.6 Å². The molecular formula is C22H21NO5. The molecule has 1 amide bonds. The number of anilines is 1. The summed E-state index contributed by atoms with van der Waals surface area (Å²) >= 11 is 0. The van der Waals surface area contributed by atoms with Crippen LogP contribution in [0.2, 0.25) is 0 Å². The number of benzene rings is 2. The molecule has 0 radical (unpaired) electrons. The first-order valence-electron chi connectivity index (χ1n) is 9.22. The van der Waals surface area contributed by atoms with E-state index in [1.807, 2.05) is 31.2 Å². The number of amides is 1. The fourth-order valence-corrected chi connectivity index (χ4v) is 3.70. The first kappa shape index (κ1) is 18.1. The lowest BCUT2D eigenvalue weighted by molar-refractivity contribution is -0.118. The highest BCUT2D eigenvalue weighted by Crippen LogP contribution is 2.33. The molecule has 1 aromatic heterocycles.